The lowest BCUT2D eigenvalue weighted by Crippen LogP contribution is -2.47. The summed E-state index contributed by atoms with van der Waals surface area (Å²) in [6.07, 6.45) is 3.11. The van der Waals surface area contributed by atoms with Gasteiger partial charge in [0.1, 0.15) is 33.2 Å². The number of ether oxygens (including phenoxy) is 2. The highest BCUT2D eigenvalue weighted by molar-refractivity contribution is 6.42. The van der Waals surface area contributed by atoms with Gasteiger partial charge in [0.25, 0.3) is 0 Å². The Balaban J connectivity index is 1.86. The first-order valence-corrected chi connectivity index (χ1v) is 10.4. The average molecular weight is 496 g/mol. The molecule has 0 aliphatic carbocycles. The maximum absolute atomic E-state index is 13.7. The molecule has 1 aliphatic heterocycles. The first-order chi connectivity index (χ1) is 15.3. The van der Waals surface area contributed by atoms with Gasteiger partial charge in [0, 0.05) is 24.0 Å². The normalized spacial score (nSPS) is 13.2. The maximum Gasteiger partial charge on any atom is 0.330 e. The fourth-order valence-electron chi connectivity index (χ4n) is 3.40. The minimum Gasteiger partial charge on any atom is -0.495 e. The summed E-state index contributed by atoms with van der Waals surface area (Å²) in [6, 6.07) is 4.54. The van der Waals surface area contributed by atoms with Crippen LogP contribution in [0, 0.1) is 0 Å². The number of halogens is 3. The molecule has 32 heavy (non-hydrogen) atoms. The Morgan fingerprint density at radius 3 is 2.41 bits per heavy atom. The van der Waals surface area contributed by atoms with Gasteiger partial charge in [0.05, 0.1) is 33.0 Å². The topological polar surface area (TPSA) is 107 Å². The zero-order chi connectivity index (χ0) is 23.0. The molecular weight excluding hydrogens is 479 g/mol. The second-order valence-corrected chi connectivity index (χ2v) is 7.88. The van der Waals surface area contributed by atoms with Crippen LogP contribution in [0.5, 0.6) is 11.5 Å². The number of hydrogen-bond acceptors (Lipinski definition) is 7. The molecule has 4 rings (SSSR count). The van der Waals surface area contributed by atoms with Crippen LogP contribution in [-0.2, 0) is 13.1 Å². The first kappa shape index (κ1) is 22.2. The third-order valence-corrected chi connectivity index (χ3v) is 5.78. The van der Waals surface area contributed by atoms with Crippen LogP contribution in [0.4, 0.5) is 22.1 Å². The molecular formula is C20H17Cl3N6O3. The molecule has 0 spiro atoms. The number of nitrogen functional groups attached to an aromatic ring is 1. The monoisotopic (exact) mass is 494 g/mol. The van der Waals surface area contributed by atoms with Gasteiger partial charge in [-0.05, 0) is 29.3 Å². The second kappa shape index (κ2) is 8.85. The number of anilines is 3. The van der Waals surface area contributed by atoms with Gasteiger partial charge in [-0.1, -0.05) is 23.2 Å². The molecule has 2 N–H and O–H groups in total. The van der Waals surface area contributed by atoms with E-state index in [1.165, 1.54) is 24.0 Å². The van der Waals surface area contributed by atoms with Gasteiger partial charge in [-0.25, -0.2) is 14.8 Å². The van der Waals surface area contributed by atoms with Crippen molar-refractivity contribution in [1.29, 1.82) is 0 Å². The molecule has 0 unspecified atom stereocenters. The third-order valence-electron chi connectivity index (χ3n) is 4.86. The fraction of sp³-hybridized carbons (Fsp3) is 0.200. The van der Waals surface area contributed by atoms with E-state index in [-0.39, 0.29) is 34.1 Å². The molecule has 2 amide bonds. The molecule has 9 nitrogen and oxygen atoms in total. The number of amides is 2. The fourth-order valence-corrected chi connectivity index (χ4v) is 4.23. The van der Waals surface area contributed by atoms with Crippen LogP contribution >= 0.6 is 34.8 Å². The number of nitrogens with zero attached hydrogens (tertiary/aromatic N) is 5. The van der Waals surface area contributed by atoms with Crippen LogP contribution < -0.4 is 25.0 Å². The van der Waals surface area contributed by atoms with Crippen molar-refractivity contribution in [3.05, 3.63) is 57.0 Å². The predicted molar refractivity (Wildman–Crippen MR) is 123 cm³/mol. The predicted octanol–water partition coefficient (Wildman–Crippen LogP) is 4.58. The molecule has 3 aromatic rings. The van der Waals surface area contributed by atoms with E-state index in [2.05, 4.69) is 15.0 Å². The number of carbonyl (C=O) groups excluding carboxylic acids is 1. The Hall–Kier alpha value is -3.01. The van der Waals surface area contributed by atoms with E-state index in [9.17, 15) is 4.79 Å². The van der Waals surface area contributed by atoms with Crippen molar-refractivity contribution < 1.29 is 14.3 Å². The van der Waals surface area contributed by atoms with Crippen molar-refractivity contribution in [3.8, 4) is 11.5 Å². The number of benzene rings is 1. The number of urea groups is 1. The minimum absolute atomic E-state index is 0.0170. The Bertz CT molecular complexity index is 1180. The van der Waals surface area contributed by atoms with Crippen LogP contribution in [0.1, 0.15) is 11.1 Å². The lowest BCUT2D eigenvalue weighted by Gasteiger charge is -2.37. The van der Waals surface area contributed by atoms with Crippen LogP contribution in [0.3, 0.4) is 0 Å². The van der Waals surface area contributed by atoms with Crippen LogP contribution in [0.25, 0.3) is 0 Å². The SMILES string of the molecule is COc1cc(OC)c(Cl)c(N2Cc3cnc(Cl)nc3N(Cc3ccnc(N)c3)C2=O)c1Cl. The molecule has 0 fully saturated rings. The maximum atomic E-state index is 13.7. The summed E-state index contributed by atoms with van der Waals surface area (Å²) < 4.78 is 10.7. The van der Waals surface area contributed by atoms with Crippen LogP contribution in [-0.4, -0.2) is 35.2 Å². The van der Waals surface area contributed by atoms with E-state index in [1.807, 2.05) is 0 Å². The van der Waals surface area contributed by atoms with E-state index in [0.29, 0.717) is 28.7 Å². The van der Waals surface area contributed by atoms with E-state index in [1.54, 1.807) is 30.6 Å². The van der Waals surface area contributed by atoms with Crippen molar-refractivity contribution in [2.75, 3.05) is 29.8 Å². The lowest BCUT2D eigenvalue weighted by molar-refractivity contribution is 0.249. The van der Waals surface area contributed by atoms with Gasteiger partial charge in [-0.2, -0.15) is 4.98 Å². The zero-order valence-corrected chi connectivity index (χ0v) is 19.2. The van der Waals surface area contributed by atoms with E-state index >= 15 is 0 Å². The Kier molecular flexibility index (Phi) is 6.14. The highest BCUT2D eigenvalue weighted by Crippen LogP contribution is 2.48. The number of rotatable bonds is 5. The summed E-state index contributed by atoms with van der Waals surface area (Å²) in [7, 11) is 2.92. The second-order valence-electron chi connectivity index (χ2n) is 6.79. The molecule has 0 saturated heterocycles. The largest absolute Gasteiger partial charge is 0.495 e. The van der Waals surface area contributed by atoms with Gasteiger partial charge in [-0.3, -0.25) is 9.80 Å². The average Bonchev–Trinajstić information content (AvgIpc) is 2.77. The van der Waals surface area contributed by atoms with E-state index in [4.69, 9.17) is 50.0 Å². The number of pyridine rings is 1. The number of carbonyl (C=O) groups is 1. The van der Waals surface area contributed by atoms with Crippen molar-refractivity contribution >= 4 is 58.2 Å². The number of aromatic nitrogens is 3. The molecule has 166 valence electrons. The summed E-state index contributed by atoms with van der Waals surface area (Å²) in [5.41, 5.74) is 7.44. The molecule has 0 saturated carbocycles. The standard InChI is InChI=1S/C20H17Cl3N6O3/c1-31-12-6-13(32-2)16(22)17(15(12)21)28-9-11-7-26-19(23)27-18(11)29(20(28)30)8-10-3-4-25-14(24)5-10/h3-7H,8-9H2,1-2H3,(H2,24,25). The molecule has 0 bridgehead atoms. The van der Waals surface area contributed by atoms with Gasteiger partial charge in [0.15, 0.2) is 0 Å². The van der Waals surface area contributed by atoms with E-state index < -0.39 is 6.03 Å². The lowest BCUT2D eigenvalue weighted by atomic mass is 10.1. The summed E-state index contributed by atoms with van der Waals surface area (Å²) in [4.78, 5) is 28.9. The molecule has 0 radical (unpaired) electrons. The quantitative estimate of drug-likeness (QED) is 0.516. The summed E-state index contributed by atoms with van der Waals surface area (Å²) in [6.45, 7) is 0.259. The van der Waals surface area contributed by atoms with Crippen molar-refractivity contribution in [2.24, 2.45) is 0 Å². The van der Waals surface area contributed by atoms with Crippen molar-refractivity contribution in [1.82, 2.24) is 15.0 Å². The number of methoxy groups -OCH3 is 2. The minimum atomic E-state index is -0.429. The highest BCUT2D eigenvalue weighted by Gasteiger charge is 2.36. The first-order valence-electron chi connectivity index (χ1n) is 9.24. The van der Waals surface area contributed by atoms with Crippen LogP contribution in [0.15, 0.2) is 30.6 Å². The van der Waals surface area contributed by atoms with Gasteiger partial charge >= 0.3 is 6.03 Å². The Morgan fingerprint density at radius 1 is 1.09 bits per heavy atom. The third kappa shape index (κ3) is 3.94. The van der Waals surface area contributed by atoms with Crippen LogP contribution in [0.2, 0.25) is 15.3 Å². The van der Waals surface area contributed by atoms with Gasteiger partial charge in [-0.15, -0.1) is 0 Å². The van der Waals surface area contributed by atoms with Crippen molar-refractivity contribution in [3.63, 3.8) is 0 Å². The number of fused-ring (bicyclic) bond motifs is 1. The molecule has 1 aromatic carbocycles. The molecule has 2 aromatic heterocycles. The Morgan fingerprint density at radius 2 is 1.78 bits per heavy atom. The zero-order valence-electron chi connectivity index (χ0n) is 17.0. The number of nitrogens with two attached hydrogens (primary N) is 1. The van der Waals surface area contributed by atoms with Gasteiger partial charge < -0.3 is 15.2 Å². The van der Waals surface area contributed by atoms with E-state index in [0.717, 1.165) is 5.56 Å². The van der Waals surface area contributed by atoms with Crippen molar-refractivity contribution in [2.45, 2.75) is 13.1 Å². The Labute approximate surface area is 198 Å². The highest BCUT2D eigenvalue weighted by atomic mass is 35.5. The molecule has 1 aliphatic rings. The summed E-state index contributed by atoms with van der Waals surface area (Å²) >= 11 is 19.2. The summed E-state index contributed by atoms with van der Waals surface area (Å²) in [5.74, 6) is 1.32. The number of hydrogen-bond donors (Lipinski definition) is 1. The molecule has 3 heterocycles. The van der Waals surface area contributed by atoms with Gasteiger partial charge in [0.2, 0.25) is 5.28 Å². The summed E-state index contributed by atoms with van der Waals surface area (Å²) in [5, 5.41) is 0.347. The molecule has 0 atom stereocenters. The molecule has 12 heteroatoms. The smallest absolute Gasteiger partial charge is 0.330 e.